The molecule has 1 heterocycles. The molecule has 1 aliphatic rings. The molecule has 1 saturated heterocycles. The Morgan fingerprint density at radius 3 is 0.913 bits per heavy atom. The largest absolute Gasteiger partial charge is 0.674 e. The summed E-state index contributed by atoms with van der Waals surface area (Å²) < 4.78 is 40.4. The zero-order valence-electron chi connectivity index (χ0n) is 11.6. The van der Waals surface area contributed by atoms with Crippen molar-refractivity contribution in [3.63, 3.8) is 0 Å². The molecule has 1 fully saturated rings. The van der Waals surface area contributed by atoms with E-state index < -0.39 is 29.6 Å². The Labute approximate surface area is 130 Å². The van der Waals surface area contributed by atoms with Crippen molar-refractivity contribution in [2.75, 3.05) is 13.1 Å². The van der Waals surface area contributed by atoms with Gasteiger partial charge in [-0.1, -0.05) is 0 Å². The van der Waals surface area contributed by atoms with Crippen LogP contribution in [-0.2, 0) is 4.79 Å². The number of ketones is 1. The fourth-order valence-electron chi connectivity index (χ4n) is 0.706. The van der Waals surface area contributed by atoms with Crippen molar-refractivity contribution in [3.05, 3.63) is 0 Å². The molecule has 0 amide bonds. The molecule has 136 valence electrons. The summed E-state index contributed by atoms with van der Waals surface area (Å²) in [6.07, 6.45) is 1.47. The molecule has 0 aromatic carbocycles. The summed E-state index contributed by atoms with van der Waals surface area (Å²) in [6.45, 7) is 1.78. The molecule has 1 aliphatic heterocycles. The van der Waals surface area contributed by atoms with E-state index in [2.05, 4.69) is 5.32 Å². The van der Waals surface area contributed by atoms with Gasteiger partial charge in [0.2, 0.25) is 0 Å². The normalized spacial score (nSPS) is 11.6. The number of piperidine rings is 1. The van der Waals surface area contributed by atoms with Gasteiger partial charge in [-0.25, -0.2) is 0 Å². The molecule has 1 rings (SSSR count). The Hall–Kier alpha value is -0.710. The fourth-order valence-corrected chi connectivity index (χ4v) is 0.706. The Kier molecular flexibility index (Phi) is 30.9. The molecule has 9 N–H and O–H groups in total. The highest BCUT2D eigenvalue weighted by Gasteiger charge is 2.05. The first kappa shape index (κ1) is 30.2. The molecule has 23 heavy (non-hydrogen) atoms. The number of hydrogen-bond acceptors (Lipinski definition) is 10. The number of nitrogens with one attached hydrogen (secondary N) is 1. The maximum absolute atomic E-state index is 10.4. The van der Waals surface area contributed by atoms with Gasteiger partial charge < -0.3 is 45.5 Å². The van der Waals surface area contributed by atoms with Crippen LogP contribution in [0.1, 0.15) is 12.8 Å². The van der Waals surface area contributed by atoms with Crippen LogP contribution in [0.3, 0.4) is 0 Å². The zero-order valence-corrected chi connectivity index (χ0v) is 11.6. The number of carbonyl (C=O) groups is 1. The Morgan fingerprint density at radius 2 is 0.826 bits per heavy atom. The van der Waals surface area contributed by atoms with E-state index in [9.17, 15) is 22.1 Å². The molecule has 0 atom stereocenters. The molecule has 0 aromatic heterocycles. The van der Waals surface area contributed by atoms with Crippen molar-refractivity contribution < 1.29 is 62.2 Å². The summed E-state index contributed by atoms with van der Waals surface area (Å²) in [6, 6.07) is 0. The van der Waals surface area contributed by atoms with Crippen LogP contribution in [0.5, 0.6) is 0 Å². The lowest BCUT2D eigenvalue weighted by Gasteiger charge is -2.08. The van der Waals surface area contributed by atoms with Gasteiger partial charge in [0.15, 0.2) is 0 Å². The third kappa shape index (κ3) is 149. The molecule has 0 unspecified atom stereocenters. The van der Waals surface area contributed by atoms with Gasteiger partial charge in [-0.05, 0) is 0 Å². The van der Waals surface area contributed by atoms with Gasteiger partial charge >= 0.3 is 29.6 Å². The lowest BCUT2D eigenvalue weighted by molar-refractivity contribution is -0.119. The molecule has 0 bridgehead atoms. The lowest BCUT2D eigenvalue weighted by Crippen LogP contribution is -2.27. The van der Waals surface area contributed by atoms with Gasteiger partial charge in [-0.3, -0.25) is 22.1 Å². The predicted octanol–water partition coefficient (Wildman–Crippen LogP) is -4.36. The topological polar surface area (TPSA) is 191 Å². The predicted molar refractivity (Wildman–Crippen MR) is 72.3 cm³/mol. The minimum absolute atomic E-state index is 0.402. The highest BCUT2D eigenvalue weighted by molar-refractivity contribution is 6.32. The first-order valence-corrected chi connectivity index (χ1v) is 5.56. The van der Waals surface area contributed by atoms with Gasteiger partial charge in [0.05, 0.1) is 0 Å². The second-order valence-electron chi connectivity index (χ2n) is 3.03. The van der Waals surface area contributed by atoms with Crippen LogP contribution in [-0.4, -0.2) is 88.6 Å². The average Bonchev–Trinajstić information content (AvgIpc) is 2.26. The van der Waals surface area contributed by atoms with E-state index in [1.165, 1.54) is 0 Å². The molecular weight excluding hydrogens is 337 g/mol. The molecule has 0 saturated carbocycles. The zero-order chi connectivity index (χ0) is 19.4. The molecule has 0 spiro atoms. The van der Waals surface area contributed by atoms with Crippen LogP contribution in [0.25, 0.3) is 0 Å². The number of carbonyl (C=O) groups excluding carboxylic acids is 1. The number of Topliss-reactive ketones (excluding diaryl/α,β-unsaturated/α-hetero) is 1. The number of hydrogen-bond donors (Lipinski definition) is 9. The monoisotopic (exact) mass is 355 g/mol. The van der Waals surface area contributed by atoms with Gasteiger partial charge in [0, 0.05) is 25.9 Å². The molecule has 0 radical (unpaired) electrons. The number of rotatable bonds is 0. The summed E-state index contributed by atoms with van der Waals surface area (Å²) in [7, 11) is -10.7. The van der Waals surface area contributed by atoms with Crippen molar-refractivity contribution in [2.45, 2.75) is 12.8 Å². The summed E-state index contributed by atoms with van der Waals surface area (Å²) in [4.78, 5) is 10.4. The van der Waals surface area contributed by atoms with Crippen LogP contribution in [0.15, 0.2) is 0 Å². The second kappa shape index (κ2) is 23.6. The highest BCUT2D eigenvalue weighted by Crippen LogP contribution is 1.91. The Bertz CT molecular complexity index is 201. The highest BCUT2D eigenvalue weighted by atomic mass is 19.1. The van der Waals surface area contributed by atoms with E-state index in [4.69, 9.17) is 40.2 Å². The minimum Gasteiger partial charge on any atom is -0.398 e. The molecule has 0 aromatic rings. The van der Waals surface area contributed by atoms with Crippen molar-refractivity contribution >= 4 is 35.4 Å². The van der Waals surface area contributed by atoms with E-state index in [0.717, 1.165) is 25.9 Å². The van der Waals surface area contributed by atoms with Gasteiger partial charge in [0.1, 0.15) is 5.78 Å². The van der Waals surface area contributed by atoms with Crippen LogP contribution >= 0.6 is 0 Å². The quantitative estimate of drug-likeness (QED) is 0.152. The van der Waals surface area contributed by atoms with Crippen molar-refractivity contribution in [1.82, 2.24) is 5.32 Å². The van der Waals surface area contributed by atoms with E-state index >= 15 is 0 Å². The Morgan fingerprint density at radius 1 is 0.652 bits per heavy atom. The van der Waals surface area contributed by atoms with E-state index in [-0.39, 0.29) is 0 Å². The van der Waals surface area contributed by atoms with Gasteiger partial charge in [0.25, 0.3) is 0 Å². The molecule has 18 heteroatoms. The summed E-state index contributed by atoms with van der Waals surface area (Å²) in [5.41, 5.74) is 0. The smallest absolute Gasteiger partial charge is 0.398 e. The lowest BCUT2D eigenvalue weighted by atomic mass is 10.1. The van der Waals surface area contributed by atoms with Crippen LogP contribution in [0.4, 0.5) is 17.3 Å². The van der Waals surface area contributed by atoms with Crippen molar-refractivity contribution in [3.8, 4) is 0 Å². The van der Waals surface area contributed by atoms with Crippen LogP contribution in [0, 0.1) is 0 Å². The van der Waals surface area contributed by atoms with Crippen LogP contribution < -0.4 is 5.32 Å². The second-order valence-corrected chi connectivity index (χ2v) is 3.03. The van der Waals surface area contributed by atoms with Crippen molar-refractivity contribution in [2.24, 2.45) is 0 Å². The number of halogens is 4. The van der Waals surface area contributed by atoms with Gasteiger partial charge in [-0.15, -0.1) is 0 Å². The third-order valence-corrected chi connectivity index (χ3v) is 1.16. The average molecular weight is 354 g/mol. The minimum atomic E-state index is -2.67. The maximum atomic E-state index is 10.4. The van der Waals surface area contributed by atoms with E-state index in [0.29, 0.717) is 5.78 Å². The first-order valence-electron chi connectivity index (χ1n) is 5.56. The summed E-state index contributed by atoms with van der Waals surface area (Å²) in [5.74, 6) is 0.402. The molecular formula is C5H17B4F4NO9. The summed E-state index contributed by atoms with van der Waals surface area (Å²) >= 11 is 0. The van der Waals surface area contributed by atoms with Crippen molar-refractivity contribution in [1.29, 1.82) is 0 Å². The van der Waals surface area contributed by atoms with Crippen LogP contribution in [0.2, 0.25) is 0 Å². The first-order chi connectivity index (χ1) is 10.3. The van der Waals surface area contributed by atoms with Gasteiger partial charge in [-0.2, -0.15) is 0 Å². The molecule has 10 nitrogen and oxygen atoms in total. The fraction of sp³-hybridized carbons (Fsp3) is 0.800. The SMILES string of the molecule is O=C1CCNCC1.OB(O)F.OB(O)F.OB(O)F.OB(O)F. The Balaban J connectivity index is -0.000000102. The molecule has 0 aliphatic carbocycles. The third-order valence-electron chi connectivity index (χ3n) is 1.16. The van der Waals surface area contributed by atoms with E-state index in [1.807, 2.05) is 0 Å². The maximum Gasteiger partial charge on any atom is 0.674 e. The summed E-state index contributed by atoms with van der Waals surface area (Å²) in [5, 5.41) is 58.6. The standard InChI is InChI=1S/C5H9NO.4BFH2O2/c7-5-1-3-6-4-2-5;4*2-1(3)4/h6H,1-4H2;4*3-4H. The van der Waals surface area contributed by atoms with E-state index in [1.54, 1.807) is 0 Å².